The molecule has 0 saturated heterocycles. The highest BCUT2D eigenvalue weighted by atomic mass is 14.9. The van der Waals surface area contributed by atoms with Gasteiger partial charge in [0, 0.05) is 18.3 Å². The zero-order valence-corrected chi connectivity index (χ0v) is 11.7. The van der Waals surface area contributed by atoms with Gasteiger partial charge in [0.05, 0.1) is 0 Å². The third kappa shape index (κ3) is 6.65. The van der Waals surface area contributed by atoms with Gasteiger partial charge in [-0.3, -0.25) is 0 Å². The van der Waals surface area contributed by atoms with Gasteiger partial charge in [0.2, 0.25) is 0 Å². The summed E-state index contributed by atoms with van der Waals surface area (Å²) in [6.45, 7) is 2.97. The van der Waals surface area contributed by atoms with Gasteiger partial charge in [-0.15, -0.1) is 0 Å². The molecule has 1 rings (SSSR count). The van der Waals surface area contributed by atoms with Crippen molar-refractivity contribution in [3.63, 3.8) is 0 Å². The van der Waals surface area contributed by atoms with Crippen LogP contribution in [0, 0.1) is 0 Å². The summed E-state index contributed by atoms with van der Waals surface area (Å²) in [5.41, 5.74) is 7.00. The topological polar surface area (TPSA) is 38.0 Å². The largest absolute Gasteiger partial charge is 0.381 e. The van der Waals surface area contributed by atoms with Gasteiger partial charge in [-0.2, -0.15) is 0 Å². The van der Waals surface area contributed by atoms with Crippen LogP contribution in [0.3, 0.4) is 0 Å². The van der Waals surface area contributed by atoms with Crippen molar-refractivity contribution in [1.82, 2.24) is 0 Å². The Morgan fingerprint density at radius 1 is 1.00 bits per heavy atom. The van der Waals surface area contributed by atoms with Crippen LogP contribution in [0.4, 0.5) is 5.69 Å². The van der Waals surface area contributed by atoms with Crippen molar-refractivity contribution in [2.24, 2.45) is 5.73 Å². The molecule has 0 bridgehead atoms. The zero-order valence-electron chi connectivity index (χ0n) is 11.7. The molecule has 2 heteroatoms. The van der Waals surface area contributed by atoms with E-state index < -0.39 is 0 Å². The maximum absolute atomic E-state index is 5.82. The molecule has 0 saturated carbocycles. The summed E-state index contributed by atoms with van der Waals surface area (Å²) in [6.07, 6.45) is 9.26. The normalized spacial score (nSPS) is 12.3. The molecule has 2 nitrogen and oxygen atoms in total. The van der Waals surface area contributed by atoms with Gasteiger partial charge in [0.15, 0.2) is 0 Å². The fourth-order valence-electron chi connectivity index (χ4n) is 2.19. The van der Waals surface area contributed by atoms with E-state index in [9.17, 15) is 0 Å². The fraction of sp³-hybridized carbons (Fsp3) is 0.625. The first-order valence-corrected chi connectivity index (χ1v) is 7.38. The molecule has 0 aromatic heterocycles. The van der Waals surface area contributed by atoms with E-state index in [1.165, 1.54) is 50.6 Å². The Balaban J connectivity index is 2.14. The molecular weight excluding hydrogens is 220 g/mol. The summed E-state index contributed by atoms with van der Waals surface area (Å²) in [6, 6.07) is 10.8. The summed E-state index contributed by atoms with van der Waals surface area (Å²) >= 11 is 0. The SMILES string of the molecule is CCCCCCCCC(CN)Nc1ccccc1. The van der Waals surface area contributed by atoms with Crippen molar-refractivity contribution in [3.05, 3.63) is 30.3 Å². The van der Waals surface area contributed by atoms with E-state index in [4.69, 9.17) is 5.73 Å². The Labute approximate surface area is 112 Å². The Bertz CT molecular complexity index is 284. The molecule has 0 spiro atoms. The lowest BCUT2D eigenvalue weighted by Crippen LogP contribution is -2.28. The summed E-state index contributed by atoms with van der Waals surface area (Å²) in [5, 5.41) is 3.51. The van der Waals surface area contributed by atoms with Crippen molar-refractivity contribution in [1.29, 1.82) is 0 Å². The van der Waals surface area contributed by atoms with E-state index >= 15 is 0 Å². The Morgan fingerprint density at radius 3 is 2.33 bits per heavy atom. The molecule has 0 fully saturated rings. The number of nitrogens with two attached hydrogens (primary N) is 1. The molecule has 1 atom stereocenters. The number of anilines is 1. The van der Waals surface area contributed by atoms with E-state index in [1.807, 2.05) is 6.07 Å². The number of unbranched alkanes of at least 4 members (excludes halogenated alkanes) is 5. The highest BCUT2D eigenvalue weighted by Crippen LogP contribution is 2.12. The molecule has 3 N–H and O–H groups in total. The number of hydrogen-bond acceptors (Lipinski definition) is 2. The van der Waals surface area contributed by atoms with Gasteiger partial charge in [-0.25, -0.2) is 0 Å². The zero-order chi connectivity index (χ0) is 13.1. The van der Waals surface area contributed by atoms with E-state index in [1.54, 1.807) is 0 Å². The van der Waals surface area contributed by atoms with Gasteiger partial charge in [0.1, 0.15) is 0 Å². The monoisotopic (exact) mass is 248 g/mol. The third-order valence-corrected chi connectivity index (χ3v) is 3.34. The van der Waals surface area contributed by atoms with Crippen LogP contribution < -0.4 is 11.1 Å². The molecule has 0 amide bonds. The smallest absolute Gasteiger partial charge is 0.0383 e. The molecule has 1 aromatic rings. The van der Waals surface area contributed by atoms with Gasteiger partial charge in [-0.05, 0) is 18.6 Å². The van der Waals surface area contributed by atoms with Crippen LogP contribution in [0.5, 0.6) is 0 Å². The van der Waals surface area contributed by atoms with E-state index in [0.29, 0.717) is 12.6 Å². The first-order chi connectivity index (χ1) is 8.86. The van der Waals surface area contributed by atoms with Crippen LogP contribution >= 0.6 is 0 Å². The highest BCUT2D eigenvalue weighted by Gasteiger charge is 2.05. The van der Waals surface area contributed by atoms with Crippen molar-refractivity contribution in [2.75, 3.05) is 11.9 Å². The number of benzene rings is 1. The third-order valence-electron chi connectivity index (χ3n) is 3.34. The lowest BCUT2D eigenvalue weighted by molar-refractivity contribution is 0.555. The molecule has 0 aliphatic carbocycles. The summed E-state index contributed by atoms with van der Waals surface area (Å²) < 4.78 is 0. The van der Waals surface area contributed by atoms with Crippen molar-refractivity contribution < 1.29 is 0 Å². The van der Waals surface area contributed by atoms with Crippen LogP contribution in [0.2, 0.25) is 0 Å². The number of rotatable bonds is 10. The van der Waals surface area contributed by atoms with Crippen LogP contribution in [0.25, 0.3) is 0 Å². The Morgan fingerprint density at radius 2 is 1.67 bits per heavy atom. The maximum Gasteiger partial charge on any atom is 0.0383 e. The second-order valence-corrected chi connectivity index (χ2v) is 5.00. The van der Waals surface area contributed by atoms with Crippen molar-refractivity contribution in [3.8, 4) is 0 Å². The van der Waals surface area contributed by atoms with E-state index in [0.717, 1.165) is 0 Å². The molecule has 18 heavy (non-hydrogen) atoms. The number of nitrogens with one attached hydrogen (secondary N) is 1. The van der Waals surface area contributed by atoms with Gasteiger partial charge < -0.3 is 11.1 Å². The lowest BCUT2D eigenvalue weighted by atomic mass is 10.1. The average Bonchev–Trinajstić information content (AvgIpc) is 2.42. The molecule has 102 valence electrons. The van der Waals surface area contributed by atoms with Crippen molar-refractivity contribution in [2.45, 2.75) is 57.9 Å². The van der Waals surface area contributed by atoms with Gasteiger partial charge in [-0.1, -0.05) is 63.6 Å². The summed E-state index contributed by atoms with van der Waals surface area (Å²) in [7, 11) is 0. The first kappa shape index (κ1) is 15.0. The van der Waals surface area contributed by atoms with Crippen LogP contribution in [0.1, 0.15) is 51.9 Å². The molecule has 0 radical (unpaired) electrons. The minimum absolute atomic E-state index is 0.415. The van der Waals surface area contributed by atoms with Crippen molar-refractivity contribution >= 4 is 5.69 Å². The predicted octanol–water partition coefficient (Wildman–Crippen LogP) is 4.18. The summed E-state index contributed by atoms with van der Waals surface area (Å²) in [5.74, 6) is 0. The molecule has 1 unspecified atom stereocenters. The minimum Gasteiger partial charge on any atom is -0.381 e. The molecule has 0 aliphatic heterocycles. The standard InChI is InChI=1S/C16H28N2/c1-2-3-4-5-6-8-13-16(14-17)18-15-11-9-7-10-12-15/h7,9-12,16,18H,2-6,8,13-14,17H2,1H3. The van der Waals surface area contributed by atoms with Crippen LogP contribution in [-0.4, -0.2) is 12.6 Å². The molecule has 1 aromatic carbocycles. The second-order valence-electron chi connectivity index (χ2n) is 5.00. The maximum atomic E-state index is 5.82. The number of hydrogen-bond donors (Lipinski definition) is 2. The Kier molecular flexibility index (Phi) is 8.32. The van der Waals surface area contributed by atoms with E-state index in [-0.39, 0.29) is 0 Å². The molecule has 0 aliphatic rings. The minimum atomic E-state index is 0.415. The van der Waals surface area contributed by atoms with Crippen LogP contribution in [0.15, 0.2) is 30.3 Å². The number of para-hydroxylation sites is 1. The Hall–Kier alpha value is -1.02. The predicted molar refractivity (Wildman–Crippen MR) is 80.9 cm³/mol. The fourth-order valence-corrected chi connectivity index (χ4v) is 2.19. The van der Waals surface area contributed by atoms with Gasteiger partial charge in [0.25, 0.3) is 0 Å². The lowest BCUT2D eigenvalue weighted by Gasteiger charge is -2.18. The van der Waals surface area contributed by atoms with Gasteiger partial charge >= 0.3 is 0 Å². The summed E-state index contributed by atoms with van der Waals surface area (Å²) in [4.78, 5) is 0. The molecular formula is C16H28N2. The second kappa shape index (κ2) is 9.95. The molecule has 0 heterocycles. The van der Waals surface area contributed by atoms with E-state index in [2.05, 4.69) is 36.5 Å². The quantitative estimate of drug-likeness (QED) is 0.610. The average molecular weight is 248 g/mol. The highest BCUT2D eigenvalue weighted by molar-refractivity contribution is 5.43. The first-order valence-electron chi connectivity index (χ1n) is 7.38. The van der Waals surface area contributed by atoms with Crippen LogP contribution in [-0.2, 0) is 0 Å².